The molecule has 0 saturated carbocycles. The van der Waals surface area contributed by atoms with Gasteiger partial charge in [0.1, 0.15) is 0 Å². The fourth-order valence-electron chi connectivity index (χ4n) is 1.19. The van der Waals surface area contributed by atoms with Gasteiger partial charge in [0.15, 0.2) is 0 Å². The molecule has 3 nitrogen and oxygen atoms in total. The van der Waals surface area contributed by atoms with Crippen molar-refractivity contribution in [1.29, 1.82) is 0 Å². The third-order valence-electron chi connectivity index (χ3n) is 1.98. The van der Waals surface area contributed by atoms with E-state index in [0.717, 1.165) is 10.2 Å². The molecule has 0 heterocycles. The number of carbonyl (C=O) groups excluding carboxylic acids is 1. The maximum atomic E-state index is 11.3. The van der Waals surface area contributed by atoms with Crippen molar-refractivity contribution in [1.82, 2.24) is 5.32 Å². The van der Waals surface area contributed by atoms with Gasteiger partial charge in [0.05, 0.1) is 0 Å². The van der Waals surface area contributed by atoms with Crippen molar-refractivity contribution in [3.05, 3.63) is 41.4 Å². The van der Waals surface area contributed by atoms with Crippen LogP contribution in [0, 0.1) is 0 Å². The van der Waals surface area contributed by atoms with Crippen molar-refractivity contribution >= 4 is 27.5 Å². The Morgan fingerprint density at radius 3 is 2.88 bits per heavy atom. The Hall–Kier alpha value is -1.29. The normalized spacial score (nSPS) is 9.56. The van der Waals surface area contributed by atoms with E-state index in [9.17, 15) is 4.79 Å². The molecule has 16 heavy (non-hydrogen) atoms. The summed E-state index contributed by atoms with van der Waals surface area (Å²) in [6.07, 6.45) is 2.12. The van der Waals surface area contributed by atoms with Crippen LogP contribution in [0.2, 0.25) is 0 Å². The summed E-state index contributed by atoms with van der Waals surface area (Å²) in [4.78, 5) is 11.3. The number of para-hydroxylation sites is 1. The first-order valence-corrected chi connectivity index (χ1v) is 5.89. The number of rotatable bonds is 6. The molecule has 1 rings (SSSR count). The van der Waals surface area contributed by atoms with Crippen LogP contribution in [-0.2, 0) is 4.79 Å². The van der Waals surface area contributed by atoms with Gasteiger partial charge in [0.25, 0.3) is 0 Å². The number of amides is 1. The van der Waals surface area contributed by atoms with E-state index in [-0.39, 0.29) is 5.91 Å². The Labute approximate surface area is 104 Å². The second-order valence-electron chi connectivity index (χ2n) is 3.25. The zero-order chi connectivity index (χ0) is 11.8. The molecule has 0 fully saturated rings. The zero-order valence-electron chi connectivity index (χ0n) is 9.00. The van der Waals surface area contributed by atoms with Gasteiger partial charge in [0, 0.05) is 29.7 Å². The standard InChI is InChI=1S/C12H15BrN2O/c1-2-8-15-12(16)7-9-14-11-6-4-3-5-10(11)13/h2-6,14H,1,7-9H2,(H,15,16). The molecule has 0 aliphatic carbocycles. The molecule has 0 saturated heterocycles. The van der Waals surface area contributed by atoms with Gasteiger partial charge in [-0.3, -0.25) is 4.79 Å². The van der Waals surface area contributed by atoms with E-state index >= 15 is 0 Å². The fourth-order valence-corrected chi connectivity index (χ4v) is 1.61. The minimum absolute atomic E-state index is 0.0273. The average molecular weight is 283 g/mol. The van der Waals surface area contributed by atoms with Crippen molar-refractivity contribution < 1.29 is 4.79 Å². The predicted octanol–water partition coefficient (Wildman–Crippen LogP) is 2.55. The van der Waals surface area contributed by atoms with Crippen LogP contribution in [0.5, 0.6) is 0 Å². The molecule has 0 unspecified atom stereocenters. The Morgan fingerprint density at radius 1 is 1.44 bits per heavy atom. The van der Waals surface area contributed by atoms with Gasteiger partial charge in [-0.1, -0.05) is 18.2 Å². The summed E-state index contributed by atoms with van der Waals surface area (Å²) >= 11 is 3.43. The molecule has 0 aliphatic heterocycles. The van der Waals surface area contributed by atoms with Gasteiger partial charge < -0.3 is 10.6 Å². The number of anilines is 1. The Balaban J connectivity index is 2.28. The fraction of sp³-hybridized carbons (Fsp3) is 0.250. The second kappa shape index (κ2) is 7.06. The molecule has 0 atom stereocenters. The third kappa shape index (κ3) is 4.49. The van der Waals surface area contributed by atoms with Crippen molar-refractivity contribution in [2.24, 2.45) is 0 Å². The van der Waals surface area contributed by atoms with Gasteiger partial charge in [-0.15, -0.1) is 6.58 Å². The lowest BCUT2D eigenvalue weighted by Gasteiger charge is -2.07. The number of halogens is 1. The summed E-state index contributed by atoms with van der Waals surface area (Å²) in [6, 6.07) is 7.82. The number of carbonyl (C=O) groups is 1. The number of hydrogen-bond donors (Lipinski definition) is 2. The first-order valence-electron chi connectivity index (χ1n) is 5.10. The van der Waals surface area contributed by atoms with Crippen LogP contribution in [0.3, 0.4) is 0 Å². The van der Waals surface area contributed by atoms with E-state index in [0.29, 0.717) is 19.5 Å². The predicted molar refractivity (Wildman–Crippen MR) is 70.5 cm³/mol. The number of benzene rings is 1. The Morgan fingerprint density at radius 2 is 2.19 bits per heavy atom. The highest BCUT2D eigenvalue weighted by atomic mass is 79.9. The topological polar surface area (TPSA) is 41.1 Å². The van der Waals surface area contributed by atoms with Crippen LogP contribution in [0.1, 0.15) is 6.42 Å². The van der Waals surface area contributed by atoms with Gasteiger partial charge in [-0.25, -0.2) is 0 Å². The summed E-state index contributed by atoms with van der Waals surface area (Å²) < 4.78 is 1.00. The molecule has 0 aliphatic rings. The SMILES string of the molecule is C=CCNC(=O)CCNc1ccccc1Br. The summed E-state index contributed by atoms with van der Waals surface area (Å²) in [7, 11) is 0. The lowest BCUT2D eigenvalue weighted by Crippen LogP contribution is -2.25. The molecular formula is C12H15BrN2O. The second-order valence-corrected chi connectivity index (χ2v) is 4.10. The monoisotopic (exact) mass is 282 g/mol. The van der Waals surface area contributed by atoms with Crippen LogP contribution >= 0.6 is 15.9 Å². The highest BCUT2D eigenvalue weighted by molar-refractivity contribution is 9.10. The highest BCUT2D eigenvalue weighted by Crippen LogP contribution is 2.20. The van der Waals surface area contributed by atoms with E-state index in [1.54, 1.807) is 6.08 Å². The Kier molecular flexibility index (Phi) is 5.64. The van der Waals surface area contributed by atoms with Gasteiger partial charge >= 0.3 is 0 Å². The van der Waals surface area contributed by atoms with E-state index in [1.165, 1.54) is 0 Å². The molecular weight excluding hydrogens is 268 g/mol. The quantitative estimate of drug-likeness (QED) is 0.788. The third-order valence-corrected chi connectivity index (χ3v) is 2.68. The van der Waals surface area contributed by atoms with Gasteiger partial charge in [0.2, 0.25) is 5.91 Å². The number of nitrogens with one attached hydrogen (secondary N) is 2. The molecule has 86 valence electrons. The maximum absolute atomic E-state index is 11.3. The molecule has 0 spiro atoms. The largest absolute Gasteiger partial charge is 0.384 e. The van der Waals surface area contributed by atoms with Crippen LogP contribution in [0.15, 0.2) is 41.4 Å². The first-order chi connectivity index (χ1) is 7.74. The van der Waals surface area contributed by atoms with Crippen LogP contribution in [-0.4, -0.2) is 19.0 Å². The van der Waals surface area contributed by atoms with Crippen LogP contribution in [0.4, 0.5) is 5.69 Å². The van der Waals surface area contributed by atoms with Crippen molar-refractivity contribution in [2.75, 3.05) is 18.4 Å². The number of hydrogen-bond acceptors (Lipinski definition) is 2. The van der Waals surface area contributed by atoms with Crippen molar-refractivity contribution in [3.8, 4) is 0 Å². The first kappa shape index (κ1) is 12.8. The molecule has 1 aromatic rings. The lowest BCUT2D eigenvalue weighted by molar-refractivity contribution is -0.120. The molecule has 4 heteroatoms. The summed E-state index contributed by atoms with van der Waals surface area (Å²) in [6.45, 7) is 4.67. The molecule has 1 amide bonds. The minimum Gasteiger partial charge on any atom is -0.384 e. The summed E-state index contributed by atoms with van der Waals surface area (Å²) in [5.41, 5.74) is 0.999. The molecule has 0 bridgehead atoms. The Bertz CT molecular complexity index is 366. The van der Waals surface area contributed by atoms with E-state index in [1.807, 2.05) is 24.3 Å². The zero-order valence-corrected chi connectivity index (χ0v) is 10.6. The van der Waals surface area contributed by atoms with Crippen LogP contribution in [0.25, 0.3) is 0 Å². The molecule has 0 aromatic heterocycles. The minimum atomic E-state index is 0.0273. The summed E-state index contributed by atoms with van der Waals surface area (Å²) in [5, 5.41) is 5.91. The van der Waals surface area contributed by atoms with Crippen molar-refractivity contribution in [3.63, 3.8) is 0 Å². The van der Waals surface area contributed by atoms with Crippen LogP contribution < -0.4 is 10.6 Å². The maximum Gasteiger partial charge on any atom is 0.222 e. The van der Waals surface area contributed by atoms with E-state index in [2.05, 4.69) is 33.1 Å². The smallest absolute Gasteiger partial charge is 0.222 e. The van der Waals surface area contributed by atoms with E-state index in [4.69, 9.17) is 0 Å². The van der Waals surface area contributed by atoms with E-state index < -0.39 is 0 Å². The highest BCUT2D eigenvalue weighted by Gasteiger charge is 2.00. The average Bonchev–Trinajstić information content (AvgIpc) is 2.29. The van der Waals surface area contributed by atoms with Gasteiger partial charge in [-0.2, -0.15) is 0 Å². The van der Waals surface area contributed by atoms with Gasteiger partial charge in [-0.05, 0) is 28.1 Å². The summed E-state index contributed by atoms with van der Waals surface area (Å²) in [5.74, 6) is 0.0273. The molecule has 0 radical (unpaired) electrons. The lowest BCUT2D eigenvalue weighted by atomic mass is 10.3. The molecule has 2 N–H and O–H groups in total. The molecule has 1 aromatic carbocycles. The van der Waals surface area contributed by atoms with Crippen molar-refractivity contribution in [2.45, 2.75) is 6.42 Å².